The first-order chi connectivity index (χ1) is 11.7. The standard InChI is InChI=1S/C17H18N4O2S/c1-12-18-16(23-19-12)13-4-9-21(10-5-13)17(22)15-14(6-11-24-15)20-7-2-3-8-20/h2-3,6-8,11,13H,4-5,9-10H2,1H3. The largest absolute Gasteiger partial charge is 0.339 e. The van der Waals surface area contributed by atoms with Gasteiger partial charge < -0.3 is 14.0 Å². The summed E-state index contributed by atoms with van der Waals surface area (Å²) in [6, 6.07) is 5.92. The normalized spacial score (nSPS) is 15.8. The molecule has 1 aliphatic rings. The topological polar surface area (TPSA) is 64.2 Å². The number of rotatable bonds is 3. The van der Waals surface area contributed by atoms with Crippen molar-refractivity contribution in [3.63, 3.8) is 0 Å². The molecular weight excluding hydrogens is 324 g/mol. The number of aromatic nitrogens is 3. The Morgan fingerprint density at radius 2 is 2.04 bits per heavy atom. The molecule has 0 spiro atoms. The molecule has 1 fully saturated rings. The Kier molecular flexibility index (Phi) is 3.93. The van der Waals surface area contributed by atoms with Crippen LogP contribution in [0.15, 0.2) is 40.5 Å². The molecule has 4 heterocycles. The molecular formula is C17H18N4O2S. The molecule has 0 radical (unpaired) electrons. The van der Waals surface area contributed by atoms with E-state index in [1.807, 2.05) is 52.4 Å². The van der Waals surface area contributed by atoms with Gasteiger partial charge in [-0.15, -0.1) is 11.3 Å². The quantitative estimate of drug-likeness (QED) is 0.733. The Balaban J connectivity index is 1.46. The van der Waals surface area contributed by atoms with Crippen molar-refractivity contribution < 1.29 is 9.32 Å². The van der Waals surface area contributed by atoms with Crippen molar-refractivity contribution in [2.75, 3.05) is 13.1 Å². The van der Waals surface area contributed by atoms with Crippen LogP contribution < -0.4 is 0 Å². The van der Waals surface area contributed by atoms with E-state index >= 15 is 0 Å². The predicted molar refractivity (Wildman–Crippen MR) is 90.6 cm³/mol. The number of thiophene rings is 1. The molecule has 24 heavy (non-hydrogen) atoms. The number of carbonyl (C=O) groups is 1. The van der Waals surface area contributed by atoms with Crippen LogP contribution >= 0.6 is 11.3 Å². The average Bonchev–Trinajstić information content (AvgIpc) is 3.35. The second-order valence-corrected chi connectivity index (χ2v) is 6.89. The first-order valence-electron chi connectivity index (χ1n) is 8.02. The molecule has 1 saturated heterocycles. The SMILES string of the molecule is Cc1noc(C2CCN(C(=O)c3sccc3-n3cccc3)CC2)n1. The first-order valence-corrected chi connectivity index (χ1v) is 8.90. The van der Waals surface area contributed by atoms with E-state index < -0.39 is 0 Å². The molecule has 0 N–H and O–H groups in total. The molecule has 0 saturated carbocycles. The third kappa shape index (κ3) is 2.75. The lowest BCUT2D eigenvalue weighted by Crippen LogP contribution is -2.38. The van der Waals surface area contributed by atoms with Crippen LogP contribution in [0, 0.1) is 6.92 Å². The lowest BCUT2D eigenvalue weighted by Gasteiger charge is -2.30. The first kappa shape index (κ1) is 15.1. The van der Waals surface area contributed by atoms with E-state index in [9.17, 15) is 4.79 Å². The van der Waals surface area contributed by atoms with E-state index in [1.54, 1.807) is 0 Å². The highest BCUT2D eigenvalue weighted by atomic mass is 32.1. The minimum atomic E-state index is 0.105. The van der Waals surface area contributed by atoms with Crippen LogP contribution in [-0.2, 0) is 0 Å². The zero-order valence-electron chi connectivity index (χ0n) is 13.4. The summed E-state index contributed by atoms with van der Waals surface area (Å²) in [6.45, 7) is 3.26. The van der Waals surface area contributed by atoms with Crippen molar-refractivity contribution in [3.05, 3.63) is 52.6 Å². The van der Waals surface area contributed by atoms with Gasteiger partial charge in [-0.05, 0) is 43.3 Å². The summed E-state index contributed by atoms with van der Waals surface area (Å²) >= 11 is 1.50. The summed E-state index contributed by atoms with van der Waals surface area (Å²) in [7, 11) is 0. The Bertz CT molecular complexity index is 829. The summed E-state index contributed by atoms with van der Waals surface area (Å²) in [6.07, 6.45) is 5.64. The van der Waals surface area contributed by atoms with Crippen molar-refractivity contribution >= 4 is 17.2 Å². The molecule has 0 atom stereocenters. The Morgan fingerprint density at radius 3 is 2.71 bits per heavy atom. The van der Waals surface area contributed by atoms with E-state index in [0.717, 1.165) is 23.4 Å². The van der Waals surface area contributed by atoms with Crippen LogP contribution in [0.1, 0.15) is 40.1 Å². The molecule has 0 aliphatic carbocycles. The summed E-state index contributed by atoms with van der Waals surface area (Å²) in [5.74, 6) is 1.72. The maximum absolute atomic E-state index is 12.9. The molecule has 1 amide bonds. The number of hydrogen-bond acceptors (Lipinski definition) is 5. The maximum atomic E-state index is 12.9. The second kappa shape index (κ2) is 6.24. The van der Waals surface area contributed by atoms with Crippen molar-refractivity contribution in [2.24, 2.45) is 0 Å². The summed E-state index contributed by atoms with van der Waals surface area (Å²) < 4.78 is 7.26. The Morgan fingerprint density at radius 1 is 1.29 bits per heavy atom. The van der Waals surface area contributed by atoms with E-state index in [4.69, 9.17) is 4.52 Å². The third-order valence-electron chi connectivity index (χ3n) is 4.40. The molecule has 0 aromatic carbocycles. The van der Waals surface area contributed by atoms with Gasteiger partial charge in [0.15, 0.2) is 5.82 Å². The van der Waals surface area contributed by atoms with Crippen LogP contribution in [0.2, 0.25) is 0 Å². The van der Waals surface area contributed by atoms with Gasteiger partial charge in [-0.25, -0.2) is 0 Å². The second-order valence-electron chi connectivity index (χ2n) is 5.97. The third-order valence-corrected chi connectivity index (χ3v) is 5.29. The minimum Gasteiger partial charge on any atom is -0.339 e. The maximum Gasteiger partial charge on any atom is 0.266 e. The number of piperidine rings is 1. The molecule has 6 nitrogen and oxygen atoms in total. The zero-order chi connectivity index (χ0) is 16.5. The van der Waals surface area contributed by atoms with E-state index in [2.05, 4.69) is 10.1 Å². The molecule has 1 aliphatic heterocycles. The van der Waals surface area contributed by atoms with Crippen LogP contribution in [0.5, 0.6) is 0 Å². The smallest absolute Gasteiger partial charge is 0.266 e. The molecule has 124 valence electrons. The van der Waals surface area contributed by atoms with Gasteiger partial charge in [0.25, 0.3) is 5.91 Å². The van der Waals surface area contributed by atoms with E-state index in [0.29, 0.717) is 24.8 Å². The fourth-order valence-electron chi connectivity index (χ4n) is 3.11. The lowest BCUT2D eigenvalue weighted by molar-refractivity contribution is 0.0709. The average molecular weight is 342 g/mol. The van der Waals surface area contributed by atoms with Gasteiger partial charge in [0.1, 0.15) is 4.88 Å². The zero-order valence-corrected chi connectivity index (χ0v) is 14.2. The number of carbonyl (C=O) groups excluding carboxylic acids is 1. The number of likely N-dealkylation sites (tertiary alicyclic amines) is 1. The molecule has 3 aromatic rings. The van der Waals surface area contributed by atoms with E-state index in [-0.39, 0.29) is 11.8 Å². The van der Waals surface area contributed by atoms with Gasteiger partial charge in [0.2, 0.25) is 5.89 Å². The predicted octanol–water partition coefficient (Wildman–Crippen LogP) is 3.25. The molecule has 4 rings (SSSR count). The molecule has 0 unspecified atom stereocenters. The summed E-state index contributed by atoms with van der Waals surface area (Å²) in [5, 5.41) is 5.83. The van der Waals surface area contributed by atoms with Crippen molar-refractivity contribution in [2.45, 2.75) is 25.7 Å². The van der Waals surface area contributed by atoms with Gasteiger partial charge in [0.05, 0.1) is 5.69 Å². The minimum absolute atomic E-state index is 0.105. The van der Waals surface area contributed by atoms with Crippen LogP contribution in [0.3, 0.4) is 0 Å². The number of aryl methyl sites for hydroxylation is 1. The highest BCUT2D eigenvalue weighted by Gasteiger charge is 2.29. The number of nitrogens with zero attached hydrogens (tertiary/aromatic N) is 4. The number of amides is 1. The lowest BCUT2D eigenvalue weighted by atomic mass is 9.96. The molecule has 3 aromatic heterocycles. The summed E-state index contributed by atoms with van der Waals surface area (Å²) in [4.78, 5) is 19.9. The number of hydrogen-bond donors (Lipinski definition) is 0. The van der Waals surface area contributed by atoms with Gasteiger partial charge in [-0.2, -0.15) is 4.98 Å². The van der Waals surface area contributed by atoms with Gasteiger partial charge in [-0.3, -0.25) is 4.79 Å². The fraction of sp³-hybridized carbons (Fsp3) is 0.353. The van der Waals surface area contributed by atoms with Crippen LogP contribution in [0.4, 0.5) is 0 Å². The van der Waals surface area contributed by atoms with Crippen LogP contribution in [-0.4, -0.2) is 38.6 Å². The van der Waals surface area contributed by atoms with Crippen molar-refractivity contribution in [1.82, 2.24) is 19.6 Å². The highest BCUT2D eigenvalue weighted by Crippen LogP contribution is 2.29. The molecule has 7 heteroatoms. The van der Waals surface area contributed by atoms with Gasteiger partial charge >= 0.3 is 0 Å². The Hall–Kier alpha value is -2.41. The van der Waals surface area contributed by atoms with Gasteiger partial charge in [-0.1, -0.05) is 5.16 Å². The van der Waals surface area contributed by atoms with Crippen molar-refractivity contribution in [1.29, 1.82) is 0 Å². The Labute approximate surface area is 143 Å². The summed E-state index contributed by atoms with van der Waals surface area (Å²) in [5.41, 5.74) is 0.949. The fourth-order valence-corrected chi connectivity index (χ4v) is 3.97. The monoisotopic (exact) mass is 342 g/mol. The van der Waals surface area contributed by atoms with Gasteiger partial charge in [0, 0.05) is 31.4 Å². The van der Waals surface area contributed by atoms with Crippen molar-refractivity contribution in [3.8, 4) is 5.69 Å². The van der Waals surface area contributed by atoms with E-state index in [1.165, 1.54) is 11.3 Å². The highest BCUT2D eigenvalue weighted by molar-refractivity contribution is 7.12. The molecule has 0 bridgehead atoms. The van der Waals surface area contributed by atoms with Crippen LogP contribution in [0.25, 0.3) is 5.69 Å².